The second-order valence-corrected chi connectivity index (χ2v) is 8.34. The van der Waals surface area contributed by atoms with E-state index in [1.54, 1.807) is 13.0 Å². The zero-order chi connectivity index (χ0) is 20.7. The van der Waals surface area contributed by atoms with Crippen LogP contribution < -0.4 is 5.56 Å². The number of likely N-dealkylation sites (tertiary alicyclic amines) is 1. The van der Waals surface area contributed by atoms with Crippen LogP contribution in [0.25, 0.3) is 10.9 Å². The molecule has 0 spiro atoms. The number of aryl methyl sites for hydroxylation is 4. The fraction of sp³-hybridized carbons (Fsp3) is 0.435. The lowest BCUT2D eigenvalue weighted by atomic mass is 9.93. The van der Waals surface area contributed by atoms with Gasteiger partial charge >= 0.3 is 0 Å². The Morgan fingerprint density at radius 2 is 1.97 bits per heavy atom. The molecule has 0 saturated carbocycles. The molecule has 3 heterocycles. The van der Waals surface area contributed by atoms with E-state index in [-0.39, 0.29) is 17.4 Å². The molecular formula is C23H28N4O2. The third-order valence-electron chi connectivity index (χ3n) is 5.97. The van der Waals surface area contributed by atoms with Crippen LogP contribution in [0.5, 0.6) is 0 Å². The van der Waals surface area contributed by atoms with E-state index < -0.39 is 0 Å². The van der Waals surface area contributed by atoms with Gasteiger partial charge in [0.25, 0.3) is 5.56 Å². The molecule has 0 bridgehead atoms. The first kappa shape index (κ1) is 19.4. The van der Waals surface area contributed by atoms with Crippen LogP contribution in [0.4, 0.5) is 0 Å². The Kier molecular flexibility index (Phi) is 5.03. The molecule has 29 heavy (non-hydrogen) atoms. The standard InChI is InChI=1S/C23H28N4O2/c1-13-8-14(2)23-19(9-13)18(15(3)24-23)10-22(29)27-7-5-6-17(12-27)20-11-21(28)26-16(4)25-20/h8-9,11,17,24H,5-7,10,12H2,1-4H3,(H,25,26,28)/t17-/m1/s1. The minimum Gasteiger partial charge on any atom is -0.358 e. The zero-order valence-corrected chi connectivity index (χ0v) is 17.6. The largest absolute Gasteiger partial charge is 0.358 e. The smallest absolute Gasteiger partial charge is 0.251 e. The molecule has 0 unspecified atom stereocenters. The number of rotatable bonds is 3. The summed E-state index contributed by atoms with van der Waals surface area (Å²) in [5.74, 6) is 0.873. The van der Waals surface area contributed by atoms with Crippen LogP contribution in [-0.4, -0.2) is 38.8 Å². The molecule has 1 saturated heterocycles. The summed E-state index contributed by atoms with van der Waals surface area (Å²) in [6.07, 6.45) is 2.27. The Morgan fingerprint density at radius 1 is 1.17 bits per heavy atom. The molecule has 1 aromatic carbocycles. The van der Waals surface area contributed by atoms with Crippen LogP contribution in [0.15, 0.2) is 23.0 Å². The predicted octanol–water partition coefficient (Wildman–Crippen LogP) is 3.43. The van der Waals surface area contributed by atoms with Crippen LogP contribution in [-0.2, 0) is 11.2 Å². The zero-order valence-electron chi connectivity index (χ0n) is 17.6. The average Bonchev–Trinajstić information content (AvgIpc) is 2.97. The third kappa shape index (κ3) is 3.84. The van der Waals surface area contributed by atoms with Gasteiger partial charge < -0.3 is 14.9 Å². The van der Waals surface area contributed by atoms with Crippen molar-refractivity contribution in [3.63, 3.8) is 0 Å². The van der Waals surface area contributed by atoms with Gasteiger partial charge in [0, 0.05) is 41.7 Å². The maximum absolute atomic E-state index is 13.2. The van der Waals surface area contributed by atoms with Gasteiger partial charge in [-0.15, -0.1) is 0 Å². The lowest BCUT2D eigenvalue weighted by molar-refractivity contribution is -0.131. The lowest BCUT2D eigenvalue weighted by Gasteiger charge is -2.32. The van der Waals surface area contributed by atoms with Crippen molar-refractivity contribution in [2.75, 3.05) is 13.1 Å². The second-order valence-electron chi connectivity index (χ2n) is 8.34. The minimum atomic E-state index is -0.129. The molecule has 4 rings (SSSR count). The molecule has 1 fully saturated rings. The summed E-state index contributed by atoms with van der Waals surface area (Å²) >= 11 is 0. The number of nitrogens with one attached hydrogen (secondary N) is 2. The molecule has 6 heteroatoms. The Labute approximate surface area is 170 Å². The molecule has 6 nitrogen and oxygen atoms in total. The van der Waals surface area contributed by atoms with Crippen LogP contribution in [0.3, 0.4) is 0 Å². The summed E-state index contributed by atoms with van der Waals surface area (Å²) in [4.78, 5) is 37.6. The van der Waals surface area contributed by atoms with Crippen molar-refractivity contribution in [2.45, 2.75) is 52.9 Å². The van der Waals surface area contributed by atoms with Crippen molar-refractivity contribution >= 4 is 16.8 Å². The van der Waals surface area contributed by atoms with Crippen molar-refractivity contribution in [1.82, 2.24) is 19.9 Å². The molecule has 1 aliphatic heterocycles. The second kappa shape index (κ2) is 7.50. The molecule has 3 aromatic rings. The molecule has 1 amide bonds. The van der Waals surface area contributed by atoms with Gasteiger partial charge in [-0.3, -0.25) is 9.59 Å². The number of amides is 1. The fourth-order valence-corrected chi connectivity index (χ4v) is 4.58. The van der Waals surface area contributed by atoms with E-state index in [4.69, 9.17) is 0 Å². The highest BCUT2D eigenvalue weighted by Gasteiger charge is 2.27. The van der Waals surface area contributed by atoms with Crippen molar-refractivity contribution < 1.29 is 4.79 Å². The van der Waals surface area contributed by atoms with Gasteiger partial charge in [-0.25, -0.2) is 4.98 Å². The van der Waals surface area contributed by atoms with Gasteiger partial charge in [-0.2, -0.15) is 0 Å². The number of benzene rings is 1. The molecule has 2 N–H and O–H groups in total. The molecule has 0 radical (unpaired) electrons. The fourth-order valence-electron chi connectivity index (χ4n) is 4.58. The van der Waals surface area contributed by atoms with E-state index in [1.807, 2.05) is 11.8 Å². The lowest BCUT2D eigenvalue weighted by Crippen LogP contribution is -2.40. The highest BCUT2D eigenvalue weighted by atomic mass is 16.2. The summed E-state index contributed by atoms with van der Waals surface area (Å²) in [6, 6.07) is 5.90. The molecule has 152 valence electrons. The quantitative estimate of drug-likeness (QED) is 0.716. The first-order chi connectivity index (χ1) is 13.8. The van der Waals surface area contributed by atoms with Crippen molar-refractivity contribution in [2.24, 2.45) is 0 Å². The molecular weight excluding hydrogens is 364 g/mol. The van der Waals surface area contributed by atoms with Crippen LogP contribution >= 0.6 is 0 Å². The molecule has 1 aliphatic rings. The Bertz CT molecular complexity index is 1140. The van der Waals surface area contributed by atoms with E-state index in [0.29, 0.717) is 18.8 Å². The molecule has 0 aliphatic carbocycles. The highest BCUT2D eigenvalue weighted by Crippen LogP contribution is 2.29. The maximum Gasteiger partial charge on any atom is 0.251 e. The van der Waals surface area contributed by atoms with Crippen LogP contribution in [0.1, 0.15) is 52.7 Å². The average molecular weight is 393 g/mol. The maximum atomic E-state index is 13.2. The first-order valence-electron chi connectivity index (χ1n) is 10.3. The summed E-state index contributed by atoms with van der Waals surface area (Å²) in [6.45, 7) is 9.40. The van der Waals surface area contributed by atoms with Gasteiger partial charge in [0.05, 0.1) is 12.1 Å². The number of aromatic amines is 2. The monoisotopic (exact) mass is 392 g/mol. The number of hydrogen-bond donors (Lipinski definition) is 2. The Hall–Kier alpha value is -2.89. The number of carbonyl (C=O) groups excluding carboxylic acids is 1. The van der Waals surface area contributed by atoms with Crippen molar-refractivity contribution in [1.29, 1.82) is 0 Å². The van der Waals surface area contributed by atoms with E-state index >= 15 is 0 Å². The van der Waals surface area contributed by atoms with Crippen molar-refractivity contribution in [3.05, 3.63) is 62.5 Å². The number of piperidine rings is 1. The van der Waals surface area contributed by atoms with E-state index in [9.17, 15) is 9.59 Å². The number of hydrogen-bond acceptors (Lipinski definition) is 3. The van der Waals surface area contributed by atoms with Gasteiger partial charge in [0.1, 0.15) is 5.82 Å². The van der Waals surface area contributed by atoms with Gasteiger partial charge in [0.15, 0.2) is 0 Å². The van der Waals surface area contributed by atoms with E-state index in [1.165, 1.54) is 11.1 Å². The normalized spacial score (nSPS) is 17.1. The number of H-pyrrole nitrogens is 2. The SMILES string of the molecule is Cc1cc(C)c2[nH]c(C)c(CC(=O)N3CCC[C@@H](c4cc(=O)[nH]c(C)n4)C3)c2c1. The van der Waals surface area contributed by atoms with Gasteiger partial charge in [-0.05, 0) is 57.7 Å². The molecule has 1 atom stereocenters. The Morgan fingerprint density at radius 3 is 2.72 bits per heavy atom. The van der Waals surface area contributed by atoms with Crippen molar-refractivity contribution in [3.8, 4) is 0 Å². The van der Waals surface area contributed by atoms with Gasteiger partial charge in [0.2, 0.25) is 5.91 Å². The molecule has 2 aromatic heterocycles. The summed E-state index contributed by atoms with van der Waals surface area (Å²) in [5, 5.41) is 1.15. The van der Waals surface area contributed by atoms with Crippen LogP contribution in [0, 0.1) is 27.7 Å². The number of aromatic nitrogens is 3. The van der Waals surface area contributed by atoms with Gasteiger partial charge in [-0.1, -0.05) is 11.6 Å². The summed E-state index contributed by atoms with van der Waals surface area (Å²) < 4.78 is 0. The number of fused-ring (bicyclic) bond motifs is 1. The van der Waals surface area contributed by atoms with E-state index in [2.05, 4.69) is 40.9 Å². The number of carbonyl (C=O) groups is 1. The van der Waals surface area contributed by atoms with E-state index in [0.717, 1.165) is 47.2 Å². The highest BCUT2D eigenvalue weighted by molar-refractivity contribution is 5.92. The minimum absolute atomic E-state index is 0.113. The topological polar surface area (TPSA) is 81.9 Å². The summed E-state index contributed by atoms with van der Waals surface area (Å²) in [5.41, 5.74) is 6.34. The number of nitrogens with zero attached hydrogens (tertiary/aromatic N) is 2. The van der Waals surface area contributed by atoms with Crippen LogP contribution in [0.2, 0.25) is 0 Å². The first-order valence-corrected chi connectivity index (χ1v) is 10.3. The third-order valence-corrected chi connectivity index (χ3v) is 5.97. The summed E-state index contributed by atoms with van der Waals surface area (Å²) in [7, 11) is 0. The Balaban J connectivity index is 1.57. The predicted molar refractivity (Wildman–Crippen MR) is 114 cm³/mol.